The molecule has 2 rings (SSSR count). The third kappa shape index (κ3) is 3.00. The van der Waals surface area contributed by atoms with E-state index in [1.807, 2.05) is 0 Å². The van der Waals surface area contributed by atoms with Gasteiger partial charge in [0, 0.05) is 12.6 Å². The monoisotopic (exact) mass is 281 g/mol. The van der Waals surface area contributed by atoms with E-state index < -0.39 is 0 Å². The van der Waals surface area contributed by atoms with Gasteiger partial charge in [0.25, 0.3) is 0 Å². The predicted octanol–water partition coefficient (Wildman–Crippen LogP) is 3.52. The quantitative estimate of drug-likeness (QED) is 0.876. The van der Waals surface area contributed by atoms with Gasteiger partial charge < -0.3 is 5.11 Å². The van der Waals surface area contributed by atoms with Gasteiger partial charge in [-0.2, -0.15) is 0 Å². The van der Waals surface area contributed by atoms with Crippen molar-refractivity contribution in [2.45, 2.75) is 6.42 Å². The molecule has 0 fully saturated rings. The van der Waals surface area contributed by atoms with E-state index in [0.29, 0.717) is 10.6 Å². The number of Topliss-reactive ketones (excluding diaryl/α,β-unsaturated/α-hetero) is 1. The summed E-state index contributed by atoms with van der Waals surface area (Å²) in [6.07, 6.45) is 1.51. The summed E-state index contributed by atoms with van der Waals surface area (Å²) in [4.78, 5) is 15.9. The van der Waals surface area contributed by atoms with E-state index in [1.165, 1.54) is 18.3 Å². The number of hydrogen-bond donors (Lipinski definition) is 1. The summed E-state index contributed by atoms with van der Waals surface area (Å²) in [5.41, 5.74) is 0.886. The van der Waals surface area contributed by atoms with Crippen molar-refractivity contribution >= 4 is 29.0 Å². The lowest BCUT2D eigenvalue weighted by Crippen LogP contribution is -2.06. The second-order valence-electron chi connectivity index (χ2n) is 3.75. The van der Waals surface area contributed by atoms with Crippen LogP contribution in [0.2, 0.25) is 10.0 Å². The fourth-order valence-corrected chi connectivity index (χ4v) is 2.04. The van der Waals surface area contributed by atoms with Gasteiger partial charge in [-0.05, 0) is 23.8 Å². The third-order valence-corrected chi connectivity index (χ3v) is 2.84. The smallest absolute Gasteiger partial charge is 0.187 e. The number of rotatable bonds is 3. The lowest BCUT2D eigenvalue weighted by Gasteiger charge is -2.03. The molecule has 5 heteroatoms. The van der Waals surface area contributed by atoms with Crippen molar-refractivity contribution in [3.8, 4) is 5.75 Å². The minimum atomic E-state index is -0.220. The molecule has 0 radical (unpaired) electrons. The number of halogens is 2. The fraction of sp³-hybridized carbons (Fsp3) is 0.0769. The van der Waals surface area contributed by atoms with E-state index in [-0.39, 0.29) is 28.7 Å². The number of aromatic nitrogens is 1. The van der Waals surface area contributed by atoms with Crippen LogP contribution < -0.4 is 0 Å². The molecule has 0 unspecified atom stereocenters. The Balaban J connectivity index is 2.22. The van der Waals surface area contributed by atoms with Gasteiger partial charge in [-0.15, -0.1) is 0 Å². The topological polar surface area (TPSA) is 50.2 Å². The van der Waals surface area contributed by atoms with Gasteiger partial charge in [0.15, 0.2) is 5.78 Å². The molecule has 2 aromatic rings. The van der Waals surface area contributed by atoms with E-state index >= 15 is 0 Å². The standard InChI is InChI=1S/C13H9Cl2NO2/c14-9-6-11(15)13(16-7-9)12(18)5-8-2-1-3-10(17)4-8/h1-4,6-7,17H,5H2. The Labute approximate surface area is 114 Å². The number of phenols is 1. The Morgan fingerprint density at radius 2 is 2.06 bits per heavy atom. The first-order valence-electron chi connectivity index (χ1n) is 5.18. The van der Waals surface area contributed by atoms with Gasteiger partial charge >= 0.3 is 0 Å². The Morgan fingerprint density at radius 3 is 2.72 bits per heavy atom. The highest BCUT2D eigenvalue weighted by molar-refractivity contribution is 6.36. The van der Waals surface area contributed by atoms with Crippen molar-refractivity contribution in [2.75, 3.05) is 0 Å². The molecule has 0 aliphatic heterocycles. The van der Waals surface area contributed by atoms with Crippen molar-refractivity contribution in [1.82, 2.24) is 4.98 Å². The van der Waals surface area contributed by atoms with Gasteiger partial charge in [-0.25, -0.2) is 4.98 Å². The summed E-state index contributed by atoms with van der Waals surface area (Å²) in [6.45, 7) is 0. The largest absolute Gasteiger partial charge is 0.508 e. The van der Waals surface area contributed by atoms with Crippen molar-refractivity contribution < 1.29 is 9.90 Å². The van der Waals surface area contributed by atoms with Crippen LogP contribution >= 0.6 is 23.2 Å². The number of carbonyl (C=O) groups is 1. The van der Waals surface area contributed by atoms with Crippen molar-refractivity contribution in [2.24, 2.45) is 0 Å². The second-order valence-corrected chi connectivity index (χ2v) is 4.60. The minimum absolute atomic E-state index is 0.121. The Kier molecular flexibility index (Phi) is 3.84. The lowest BCUT2D eigenvalue weighted by molar-refractivity contribution is 0.0988. The van der Waals surface area contributed by atoms with Crippen molar-refractivity contribution in [1.29, 1.82) is 0 Å². The maximum absolute atomic E-state index is 12.0. The highest BCUT2D eigenvalue weighted by atomic mass is 35.5. The molecule has 0 spiro atoms. The summed E-state index contributed by atoms with van der Waals surface area (Å²) >= 11 is 11.6. The zero-order valence-electron chi connectivity index (χ0n) is 9.23. The average molecular weight is 282 g/mol. The highest BCUT2D eigenvalue weighted by Crippen LogP contribution is 2.20. The number of hydrogen-bond acceptors (Lipinski definition) is 3. The summed E-state index contributed by atoms with van der Waals surface area (Å²) in [7, 11) is 0. The van der Waals surface area contributed by atoms with Gasteiger partial charge in [0.1, 0.15) is 11.4 Å². The number of ketones is 1. The third-order valence-electron chi connectivity index (χ3n) is 2.35. The summed E-state index contributed by atoms with van der Waals surface area (Å²) in [5, 5.41) is 9.93. The number of benzene rings is 1. The Bertz CT molecular complexity index is 599. The normalized spacial score (nSPS) is 10.3. The molecule has 1 aromatic carbocycles. The predicted molar refractivity (Wildman–Crippen MR) is 70.4 cm³/mol. The summed E-state index contributed by atoms with van der Waals surface area (Å²) < 4.78 is 0. The van der Waals surface area contributed by atoms with E-state index in [9.17, 15) is 9.90 Å². The summed E-state index contributed by atoms with van der Waals surface area (Å²) in [5.74, 6) is -0.0993. The number of nitrogens with zero attached hydrogens (tertiary/aromatic N) is 1. The fourth-order valence-electron chi connectivity index (χ4n) is 1.56. The molecule has 18 heavy (non-hydrogen) atoms. The molecule has 0 saturated heterocycles. The molecule has 0 aliphatic rings. The van der Waals surface area contributed by atoms with E-state index in [1.54, 1.807) is 18.2 Å². The first-order valence-corrected chi connectivity index (χ1v) is 5.94. The number of phenolic OH excluding ortho intramolecular Hbond substituents is 1. The summed E-state index contributed by atoms with van der Waals surface area (Å²) in [6, 6.07) is 7.98. The van der Waals surface area contributed by atoms with Crippen LogP contribution in [0.4, 0.5) is 0 Å². The zero-order chi connectivity index (χ0) is 13.1. The van der Waals surface area contributed by atoms with Crippen molar-refractivity contribution in [3.05, 3.63) is 57.8 Å². The van der Waals surface area contributed by atoms with Crippen LogP contribution in [0.3, 0.4) is 0 Å². The van der Waals surface area contributed by atoms with Crippen LogP contribution in [-0.4, -0.2) is 15.9 Å². The SMILES string of the molecule is O=C(Cc1cccc(O)c1)c1ncc(Cl)cc1Cl. The molecule has 0 bridgehead atoms. The minimum Gasteiger partial charge on any atom is -0.508 e. The second kappa shape index (κ2) is 5.38. The first kappa shape index (κ1) is 12.9. The van der Waals surface area contributed by atoms with Crippen LogP contribution in [0.5, 0.6) is 5.75 Å². The number of aromatic hydroxyl groups is 1. The molecule has 0 aliphatic carbocycles. The van der Waals surface area contributed by atoms with Crippen LogP contribution in [0.1, 0.15) is 16.1 Å². The Hall–Kier alpha value is -1.58. The van der Waals surface area contributed by atoms with Crippen LogP contribution in [-0.2, 0) is 6.42 Å². The molecule has 3 nitrogen and oxygen atoms in total. The molecule has 0 saturated carbocycles. The number of pyridine rings is 1. The maximum Gasteiger partial charge on any atom is 0.187 e. The molecule has 0 atom stereocenters. The molecule has 1 heterocycles. The van der Waals surface area contributed by atoms with Gasteiger partial charge in [0.2, 0.25) is 0 Å². The lowest BCUT2D eigenvalue weighted by atomic mass is 10.1. The van der Waals surface area contributed by atoms with Gasteiger partial charge in [-0.3, -0.25) is 4.79 Å². The highest BCUT2D eigenvalue weighted by Gasteiger charge is 2.13. The van der Waals surface area contributed by atoms with Gasteiger partial charge in [-0.1, -0.05) is 35.3 Å². The number of carbonyl (C=O) groups excluding carboxylic acids is 1. The first-order chi connectivity index (χ1) is 8.56. The van der Waals surface area contributed by atoms with Crippen molar-refractivity contribution in [3.63, 3.8) is 0 Å². The van der Waals surface area contributed by atoms with E-state index in [2.05, 4.69) is 4.98 Å². The average Bonchev–Trinajstić information content (AvgIpc) is 2.28. The molecular weight excluding hydrogens is 273 g/mol. The molecule has 1 N–H and O–H groups in total. The van der Waals surface area contributed by atoms with Crippen LogP contribution in [0.15, 0.2) is 36.5 Å². The molecular formula is C13H9Cl2NO2. The van der Waals surface area contributed by atoms with Crippen LogP contribution in [0, 0.1) is 0 Å². The van der Waals surface area contributed by atoms with E-state index in [4.69, 9.17) is 23.2 Å². The molecule has 0 amide bonds. The maximum atomic E-state index is 12.0. The molecule has 92 valence electrons. The zero-order valence-corrected chi connectivity index (χ0v) is 10.7. The van der Waals surface area contributed by atoms with E-state index in [0.717, 1.165) is 0 Å². The van der Waals surface area contributed by atoms with Gasteiger partial charge in [0.05, 0.1) is 10.0 Å². The molecule has 1 aromatic heterocycles. The Morgan fingerprint density at radius 1 is 1.28 bits per heavy atom. The van der Waals surface area contributed by atoms with Crippen LogP contribution in [0.25, 0.3) is 0 Å².